The summed E-state index contributed by atoms with van der Waals surface area (Å²) in [6.45, 7) is 2.88. The van der Waals surface area contributed by atoms with Gasteiger partial charge in [-0.25, -0.2) is 9.69 Å². The molecule has 4 aromatic rings. The average molecular weight is 662 g/mol. The molecule has 0 atom stereocenters. The largest absolute Gasteiger partial charge is 0.494 e. The second-order valence-electron chi connectivity index (χ2n) is 9.26. The fourth-order valence-electron chi connectivity index (χ4n) is 4.50. The van der Waals surface area contributed by atoms with E-state index in [-0.39, 0.29) is 5.57 Å². The van der Waals surface area contributed by atoms with Crippen LogP contribution in [0.4, 0.5) is 10.5 Å². The van der Waals surface area contributed by atoms with Crippen LogP contribution in [0.3, 0.4) is 0 Å². The van der Waals surface area contributed by atoms with Crippen molar-refractivity contribution in [3.8, 4) is 17.2 Å². The van der Waals surface area contributed by atoms with E-state index in [4.69, 9.17) is 14.2 Å². The number of nitrogens with one attached hydrogen (secondary N) is 1. The number of amides is 4. The third-order valence-electron chi connectivity index (χ3n) is 6.48. The smallest absolute Gasteiger partial charge is 0.335 e. The van der Waals surface area contributed by atoms with Crippen molar-refractivity contribution < 1.29 is 28.6 Å². The van der Waals surface area contributed by atoms with E-state index in [1.807, 2.05) is 31.2 Å². The predicted octanol–water partition coefficient (Wildman–Crippen LogP) is 6.49. The van der Waals surface area contributed by atoms with E-state index in [0.717, 1.165) is 31.2 Å². The lowest BCUT2D eigenvalue weighted by atomic mass is 10.1. The molecule has 1 N–H and O–H groups in total. The van der Waals surface area contributed by atoms with Gasteiger partial charge in [0.15, 0.2) is 11.5 Å². The molecule has 208 valence electrons. The van der Waals surface area contributed by atoms with Gasteiger partial charge in [0.1, 0.15) is 17.9 Å². The van der Waals surface area contributed by atoms with Crippen molar-refractivity contribution in [1.29, 1.82) is 0 Å². The Labute approximate surface area is 251 Å². The maximum atomic E-state index is 13.4. The van der Waals surface area contributed by atoms with Gasteiger partial charge in [0, 0.05) is 0 Å². The first-order valence-electron chi connectivity index (χ1n) is 13.0. The normalized spacial score (nSPS) is 14.4. The summed E-state index contributed by atoms with van der Waals surface area (Å²) in [5.74, 6) is 0.112. The molecule has 8 nitrogen and oxygen atoms in total. The number of hydrogen-bond acceptors (Lipinski definition) is 6. The molecule has 0 radical (unpaired) electrons. The molecule has 5 rings (SSSR count). The van der Waals surface area contributed by atoms with Crippen LogP contribution >= 0.6 is 22.6 Å². The zero-order valence-electron chi connectivity index (χ0n) is 22.5. The van der Waals surface area contributed by atoms with Crippen molar-refractivity contribution >= 4 is 63.0 Å². The molecular formula is C32H27IN2O6. The standard InChI is InChI=1S/C32H27IN2O6/c1-3-15-40-24-13-11-23(12-14-24)35-31(37)26(30(36)34-32(35)38)16-20-17-27(33)29(28(18-20)39-2)41-19-22-9-6-8-21-7-4-5-10-25(21)22/h4-14,16-18H,3,15,19H2,1-2H3,(H,34,36,38)/b26-16-. The number of urea groups is 1. The van der Waals surface area contributed by atoms with Crippen LogP contribution in [-0.4, -0.2) is 31.6 Å². The van der Waals surface area contributed by atoms with Gasteiger partial charge in [-0.3, -0.25) is 14.9 Å². The van der Waals surface area contributed by atoms with Crippen LogP contribution in [-0.2, 0) is 16.2 Å². The van der Waals surface area contributed by atoms with E-state index in [0.29, 0.717) is 41.7 Å². The first kappa shape index (κ1) is 28.2. The van der Waals surface area contributed by atoms with Gasteiger partial charge in [-0.2, -0.15) is 0 Å². The van der Waals surface area contributed by atoms with Gasteiger partial charge in [0.05, 0.1) is 23.0 Å². The molecule has 0 saturated carbocycles. The molecule has 4 aromatic carbocycles. The molecule has 1 aliphatic heterocycles. The molecule has 1 heterocycles. The first-order chi connectivity index (χ1) is 19.9. The van der Waals surface area contributed by atoms with Crippen molar-refractivity contribution in [2.75, 3.05) is 18.6 Å². The highest BCUT2D eigenvalue weighted by Gasteiger charge is 2.37. The van der Waals surface area contributed by atoms with Crippen LogP contribution in [0.15, 0.2) is 84.4 Å². The van der Waals surface area contributed by atoms with E-state index in [2.05, 4.69) is 46.1 Å². The van der Waals surface area contributed by atoms with Gasteiger partial charge < -0.3 is 14.2 Å². The minimum Gasteiger partial charge on any atom is -0.494 e. The molecule has 0 bridgehead atoms. The van der Waals surface area contributed by atoms with Gasteiger partial charge in [-0.1, -0.05) is 49.4 Å². The minimum absolute atomic E-state index is 0.182. The third kappa shape index (κ3) is 6.04. The Hall–Kier alpha value is -4.38. The number of imide groups is 2. The average Bonchev–Trinajstić information content (AvgIpc) is 2.98. The summed E-state index contributed by atoms with van der Waals surface area (Å²) < 4.78 is 18.1. The lowest BCUT2D eigenvalue weighted by Gasteiger charge is -2.26. The second-order valence-corrected chi connectivity index (χ2v) is 10.4. The molecule has 1 saturated heterocycles. The maximum Gasteiger partial charge on any atom is 0.335 e. The van der Waals surface area contributed by atoms with Crippen LogP contribution in [0.5, 0.6) is 17.2 Å². The summed E-state index contributed by atoms with van der Waals surface area (Å²) in [4.78, 5) is 39.6. The summed E-state index contributed by atoms with van der Waals surface area (Å²) in [7, 11) is 1.53. The van der Waals surface area contributed by atoms with Crippen LogP contribution in [0, 0.1) is 3.57 Å². The summed E-state index contributed by atoms with van der Waals surface area (Å²) in [5.41, 5.74) is 1.71. The molecule has 41 heavy (non-hydrogen) atoms. The zero-order valence-corrected chi connectivity index (χ0v) is 24.6. The monoisotopic (exact) mass is 662 g/mol. The molecule has 0 unspecified atom stereocenters. The summed E-state index contributed by atoms with van der Waals surface area (Å²) in [5, 5.41) is 4.49. The molecule has 0 aromatic heterocycles. The highest BCUT2D eigenvalue weighted by atomic mass is 127. The first-order valence-corrected chi connectivity index (χ1v) is 14.1. The Morgan fingerprint density at radius 1 is 0.927 bits per heavy atom. The van der Waals surface area contributed by atoms with E-state index < -0.39 is 17.8 Å². The fraction of sp³-hybridized carbons (Fsp3) is 0.156. The van der Waals surface area contributed by atoms with Gasteiger partial charge >= 0.3 is 6.03 Å². The summed E-state index contributed by atoms with van der Waals surface area (Å²) in [6, 6.07) is 23.4. The van der Waals surface area contributed by atoms with Crippen LogP contribution in [0.2, 0.25) is 0 Å². The zero-order chi connectivity index (χ0) is 28.9. The predicted molar refractivity (Wildman–Crippen MR) is 165 cm³/mol. The van der Waals surface area contributed by atoms with Crippen molar-refractivity contribution in [3.63, 3.8) is 0 Å². The molecular weight excluding hydrogens is 635 g/mol. The summed E-state index contributed by atoms with van der Waals surface area (Å²) >= 11 is 2.13. The maximum absolute atomic E-state index is 13.4. The lowest BCUT2D eigenvalue weighted by Crippen LogP contribution is -2.54. The highest BCUT2D eigenvalue weighted by molar-refractivity contribution is 14.1. The quantitative estimate of drug-likeness (QED) is 0.125. The fourth-order valence-corrected chi connectivity index (χ4v) is 5.28. The van der Waals surface area contributed by atoms with E-state index in [1.54, 1.807) is 36.4 Å². The third-order valence-corrected chi connectivity index (χ3v) is 7.29. The molecule has 1 fully saturated rings. The number of fused-ring (bicyclic) bond motifs is 1. The molecule has 9 heteroatoms. The van der Waals surface area contributed by atoms with Crippen molar-refractivity contribution in [1.82, 2.24) is 5.32 Å². The van der Waals surface area contributed by atoms with Crippen LogP contribution in [0.1, 0.15) is 24.5 Å². The SMILES string of the molecule is CCCOc1ccc(N2C(=O)NC(=O)/C(=C/c3cc(I)c(OCc4cccc5ccccc45)c(OC)c3)C2=O)cc1. The van der Waals surface area contributed by atoms with Crippen LogP contribution < -0.4 is 24.4 Å². The number of carbonyl (C=O) groups excluding carboxylic acids is 3. The Morgan fingerprint density at radius 2 is 1.68 bits per heavy atom. The molecule has 4 amide bonds. The number of carbonyl (C=O) groups is 3. The Balaban J connectivity index is 1.40. The number of ether oxygens (including phenoxy) is 3. The number of hydrogen-bond donors (Lipinski definition) is 1. The number of barbiturate groups is 1. The second kappa shape index (κ2) is 12.4. The molecule has 1 aliphatic rings. The van der Waals surface area contributed by atoms with E-state index >= 15 is 0 Å². The van der Waals surface area contributed by atoms with Crippen molar-refractivity contribution in [3.05, 3.63) is 99.1 Å². The number of anilines is 1. The number of halogens is 1. The Morgan fingerprint density at radius 3 is 2.44 bits per heavy atom. The summed E-state index contributed by atoms with van der Waals surface area (Å²) in [6.07, 6.45) is 2.29. The Bertz CT molecular complexity index is 1660. The van der Waals surface area contributed by atoms with Crippen molar-refractivity contribution in [2.24, 2.45) is 0 Å². The van der Waals surface area contributed by atoms with E-state index in [1.165, 1.54) is 13.2 Å². The number of rotatable bonds is 9. The minimum atomic E-state index is -0.816. The number of methoxy groups -OCH3 is 1. The van der Waals surface area contributed by atoms with Gasteiger partial charge in [0.25, 0.3) is 11.8 Å². The Kier molecular flexibility index (Phi) is 8.53. The molecule has 0 spiro atoms. The van der Waals surface area contributed by atoms with Gasteiger partial charge in [0.2, 0.25) is 0 Å². The highest BCUT2D eigenvalue weighted by Crippen LogP contribution is 2.36. The number of nitrogens with zero attached hydrogens (tertiary/aromatic N) is 1. The van der Waals surface area contributed by atoms with Crippen molar-refractivity contribution in [2.45, 2.75) is 20.0 Å². The van der Waals surface area contributed by atoms with E-state index in [9.17, 15) is 14.4 Å². The van der Waals surface area contributed by atoms with Gasteiger partial charge in [-0.15, -0.1) is 0 Å². The van der Waals surface area contributed by atoms with Crippen LogP contribution in [0.25, 0.3) is 16.8 Å². The number of benzene rings is 4. The van der Waals surface area contributed by atoms with Gasteiger partial charge in [-0.05, 0) is 93.4 Å². The lowest BCUT2D eigenvalue weighted by molar-refractivity contribution is -0.122. The molecule has 0 aliphatic carbocycles. The topological polar surface area (TPSA) is 94.2 Å².